The van der Waals surface area contributed by atoms with Gasteiger partial charge in [-0.1, -0.05) is 24.3 Å². The molecule has 1 aliphatic heterocycles. The molecule has 0 radical (unpaired) electrons. The number of aromatic nitrogens is 2. The highest BCUT2D eigenvalue weighted by atomic mass is 16.7. The van der Waals surface area contributed by atoms with Crippen LogP contribution >= 0.6 is 0 Å². The molecule has 2 atom stereocenters. The molecule has 0 saturated carbocycles. The summed E-state index contributed by atoms with van der Waals surface area (Å²) < 4.78 is 17.4. The van der Waals surface area contributed by atoms with Crippen LogP contribution in [0.4, 0.5) is 0 Å². The number of allylic oxidation sites excluding steroid dienone is 1. The number of imidazole rings is 1. The number of fused-ring (bicyclic) bond motifs is 2. The van der Waals surface area contributed by atoms with Gasteiger partial charge in [0.2, 0.25) is 6.29 Å². The van der Waals surface area contributed by atoms with Crippen LogP contribution in [0.5, 0.6) is 0 Å². The lowest BCUT2D eigenvalue weighted by molar-refractivity contribution is -0.146. The fourth-order valence-corrected chi connectivity index (χ4v) is 4.25. The zero-order valence-electron chi connectivity index (χ0n) is 19.6. The van der Waals surface area contributed by atoms with Gasteiger partial charge in [-0.15, -0.1) is 0 Å². The molecule has 0 bridgehead atoms. The summed E-state index contributed by atoms with van der Waals surface area (Å²) in [6, 6.07) is 14.7. The van der Waals surface area contributed by atoms with E-state index in [0.29, 0.717) is 48.2 Å². The lowest BCUT2D eigenvalue weighted by Gasteiger charge is -2.29. The summed E-state index contributed by atoms with van der Waals surface area (Å²) in [4.78, 5) is 33.9. The van der Waals surface area contributed by atoms with Gasteiger partial charge in [-0.3, -0.25) is 9.59 Å². The zero-order valence-corrected chi connectivity index (χ0v) is 19.6. The van der Waals surface area contributed by atoms with Crippen molar-refractivity contribution < 1.29 is 23.8 Å². The number of benzene rings is 2. The molecule has 2 aromatic heterocycles. The minimum atomic E-state index is -0.725. The van der Waals surface area contributed by atoms with E-state index in [1.165, 1.54) is 6.26 Å². The Morgan fingerprint density at radius 1 is 1.17 bits per heavy atom. The van der Waals surface area contributed by atoms with Gasteiger partial charge < -0.3 is 29.3 Å². The summed E-state index contributed by atoms with van der Waals surface area (Å²) in [5.41, 5.74) is 2.48. The molecule has 36 heavy (non-hydrogen) atoms. The van der Waals surface area contributed by atoms with Crippen LogP contribution in [0.1, 0.15) is 36.6 Å². The highest BCUT2D eigenvalue weighted by Crippen LogP contribution is 2.31. The molecule has 5 rings (SSSR count). The van der Waals surface area contributed by atoms with Crippen molar-refractivity contribution in [3.63, 3.8) is 0 Å². The normalized spacial score (nSPS) is 17.6. The molecule has 9 heteroatoms. The number of nitrogens with zero attached hydrogens (tertiary/aromatic N) is 1. The van der Waals surface area contributed by atoms with Gasteiger partial charge in [0, 0.05) is 24.5 Å². The quantitative estimate of drug-likeness (QED) is 0.307. The third kappa shape index (κ3) is 5.17. The molecule has 2 aromatic carbocycles. The van der Waals surface area contributed by atoms with E-state index in [0.717, 1.165) is 11.0 Å². The molecule has 1 aliphatic rings. The van der Waals surface area contributed by atoms with Gasteiger partial charge in [-0.05, 0) is 43.2 Å². The number of carbonyl (C=O) groups is 1. The van der Waals surface area contributed by atoms with Crippen molar-refractivity contribution in [1.82, 2.24) is 15.3 Å². The van der Waals surface area contributed by atoms with Crippen LogP contribution in [-0.4, -0.2) is 40.5 Å². The Kier molecular flexibility index (Phi) is 7.11. The summed E-state index contributed by atoms with van der Waals surface area (Å²) in [5.74, 6) is -0.185. The molecule has 0 unspecified atom stereocenters. The number of unbranched alkanes of at least 4 members (excludes halogenated alkanes) is 1. The molecular weight excluding hydrogens is 462 g/mol. The zero-order chi connectivity index (χ0) is 24.9. The van der Waals surface area contributed by atoms with E-state index in [1.54, 1.807) is 30.3 Å². The lowest BCUT2D eigenvalue weighted by Crippen LogP contribution is -2.33. The molecule has 3 N–H and O–H groups in total. The molecule has 0 aliphatic carbocycles. The topological polar surface area (TPSA) is 127 Å². The Bertz CT molecular complexity index is 1420. The number of hydrogen-bond acceptors (Lipinski definition) is 7. The molecule has 0 saturated heterocycles. The molecular formula is C27H27N3O6. The number of carbonyl (C=O) groups excluding carboxylic acids is 1. The van der Waals surface area contributed by atoms with Crippen LogP contribution in [0, 0.1) is 0 Å². The van der Waals surface area contributed by atoms with E-state index in [-0.39, 0.29) is 24.3 Å². The number of H-pyrrole nitrogens is 1. The average molecular weight is 490 g/mol. The number of ether oxygens (including phenoxy) is 2. The van der Waals surface area contributed by atoms with E-state index >= 15 is 0 Å². The van der Waals surface area contributed by atoms with Crippen LogP contribution < -0.4 is 10.7 Å². The van der Waals surface area contributed by atoms with Crippen molar-refractivity contribution in [1.29, 1.82) is 0 Å². The van der Waals surface area contributed by atoms with Gasteiger partial charge in [0.15, 0.2) is 11.2 Å². The highest BCUT2D eigenvalue weighted by Gasteiger charge is 2.30. The predicted octanol–water partition coefficient (Wildman–Crippen LogP) is 3.49. The maximum absolute atomic E-state index is 13.2. The SMILES string of the molecule is O=C(NCc1nc2ccccc2[nH]1)C1=C[C@@H](c2coc3ccccc3c2=O)C[C@@H](OCCCCO)O1. The molecule has 4 aromatic rings. The van der Waals surface area contributed by atoms with Crippen LogP contribution in [0.15, 0.2) is 75.8 Å². The first kappa shape index (κ1) is 23.8. The van der Waals surface area contributed by atoms with E-state index in [2.05, 4.69) is 15.3 Å². The fourth-order valence-electron chi connectivity index (χ4n) is 4.25. The van der Waals surface area contributed by atoms with Crippen LogP contribution in [-0.2, 0) is 20.8 Å². The Labute approximate surface area is 206 Å². The van der Waals surface area contributed by atoms with Gasteiger partial charge in [0.05, 0.1) is 35.8 Å². The summed E-state index contributed by atoms with van der Waals surface area (Å²) in [6.07, 6.45) is 3.97. The third-order valence-electron chi connectivity index (χ3n) is 6.10. The molecule has 3 heterocycles. The number of aromatic amines is 1. The number of nitrogens with one attached hydrogen (secondary N) is 2. The Morgan fingerprint density at radius 2 is 2.00 bits per heavy atom. The van der Waals surface area contributed by atoms with Crippen molar-refractivity contribution >= 4 is 27.9 Å². The minimum Gasteiger partial charge on any atom is -0.464 e. The largest absolute Gasteiger partial charge is 0.464 e. The summed E-state index contributed by atoms with van der Waals surface area (Å²) in [6.45, 7) is 0.613. The molecule has 9 nitrogen and oxygen atoms in total. The van der Waals surface area contributed by atoms with Gasteiger partial charge in [-0.2, -0.15) is 0 Å². The Morgan fingerprint density at radius 3 is 2.86 bits per heavy atom. The van der Waals surface area contributed by atoms with Gasteiger partial charge >= 0.3 is 0 Å². The molecule has 186 valence electrons. The summed E-state index contributed by atoms with van der Waals surface area (Å²) >= 11 is 0. The van der Waals surface area contributed by atoms with Gasteiger partial charge in [0.25, 0.3) is 5.91 Å². The van der Waals surface area contributed by atoms with Crippen LogP contribution in [0.3, 0.4) is 0 Å². The first-order chi connectivity index (χ1) is 17.6. The van der Waals surface area contributed by atoms with Crippen molar-refractivity contribution in [3.8, 4) is 0 Å². The Hall–Kier alpha value is -3.95. The van der Waals surface area contributed by atoms with Gasteiger partial charge in [-0.25, -0.2) is 4.98 Å². The second-order valence-corrected chi connectivity index (χ2v) is 8.62. The maximum atomic E-state index is 13.2. The monoisotopic (exact) mass is 489 g/mol. The van der Waals surface area contributed by atoms with E-state index in [1.807, 2.05) is 24.3 Å². The first-order valence-electron chi connectivity index (χ1n) is 12.0. The van der Waals surface area contributed by atoms with Gasteiger partial charge in [0.1, 0.15) is 11.4 Å². The van der Waals surface area contributed by atoms with Crippen LogP contribution in [0.2, 0.25) is 0 Å². The average Bonchev–Trinajstić information content (AvgIpc) is 3.33. The highest BCUT2D eigenvalue weighted by molar-refractivity contribution is 5.91. The number of aliphatic hydroxyl groups excluding tert-OH is 1. The Balaban J connectivity index is 1.37. The summed E-state index contributed by atoms with van der Waals surface area (Å²) in [7, 11) is 0. The van der Waals surface area contributed by atoms with Crippen molar-refractivity contribution in [3.05, 3.63) is 88.2 Å². The smallest absolute Gasteiger partial charge is 0.286 e. The number of aliphatic hydroxyl groups is 1. The standard InChI is InChI=1S/C27H27N3O6/c31-11-5-6-12-34-25-14-17(19-16-35-22-10-4-1-7-18(22)26(19)32)13-23(36-25)27(33)28-15-24-29-20-8-2-3-9-21(20)30-24/h1-4,7-10,13,16-17,25,31H,5-6,11-12,14-15H2,(H,28,33)(H,29,30)/t17-,25+/m1/s1. The number of hydrogen-bond donors (Lipinski definition) is 3. The fraction of sp³-hybridized carbons (Fsp3) is 0.296. The number of amides is 1. The number of rotatable bonds is 9. The third-order valence-corrected chi connectivity index (χ3v) is 6.10. The second-order valence-electron chi connectivity index (χ2n) is 8.62. The van der Waals surface area contributed by atoms with E-state index < -0.39 is 18.1 Å². The minimum absolute atomic E-state index is 0.0714. The maximum Gasteiger partial charge on any atom is 0.286 e. The lowest BCUT2D eigenvalue weighted by atomic mass is 9.93. The van der Waals surface area contributed by atoms with E-state index in [9.17, 15) is 9.59 Å². The molecule has 0 fully saturated rings. The van der Waals surface area contributed by atoms with Crippen molar-refractivity contribution in [2.75, 3.05) is 13.2 Å². The number of para-hydroxylation sites is 3. The van der Waals surface area contributed by atoms with Crippen molar-refractivity contribution in [2.24, 2.45) is 0 Å². The van der Waals surface area contributed by atoms with Crippen molar-refractivity contribution in [2.45, 2.75) is 38.0 Å². The summed E-state index contributed by atoms with van der Waals surface area (Å²) in [5, 5.41) is 12.3. The molecule has 0 spiro atoms. The predicted molar refractivity (Wildman–Crippen MR) is 133 cm³/mol. The van der Waals surface area contributed by atoms with E-state index in [4.69, 9.17) is 19.0 Å². The molecule has 1 amide bonds. The van der Waals surface area contributed by atoms with Crippen LogP contribution in [0.25, 0.3) is 22.0 Å². The first-order valence-corrected chi connectivity index (χ1v) is 12.0. The second kappa shape index (κ2) is 10.8.